The summed E-state index contributed by atoms with van der Waals surface area (Å²) in [6, 6.07) is 4.94. The van der Waals surface area contributed by atoms with Crippen molar-refractivity contribution in [1.29, 1.82) is 5.26 Å². The Kier molecular flexibility index (Phi) is 4.86. The van der Waals surface area contributed by atoms with Gasteiger partial charge in [-0.15, -0.1) is 0 Å². The number of hydrogen-bond acceptors (Lipinski definition) is 3. The Hall–Kier alpha value is -2.00. The molecule has 1 amide bonds. The minimum Gasteiger partial charge on any atom is -0.336 e. The van der Waals surface area contributed by atoms with Gasteiger partial charge in [0, 0.05) is 26.2 Å². The maximum Gasteiger partial charge on any atom is 0.257 e. The first kappa shape index (κ1) is 15.4. The molecule has 21 heavy (non-hydrogen) atoms. The summed E-state index contributed by atoms with van der Waals surface area (Å²) in [5.41, 5.74) is -0.240. The van der Waals surface area contributed by atoms with Crippen LogP contribution in [-0.4, -0.2) is 47.9 Å². The summed E-state index contributed by atoms with van der Waals surface area (Å²) in [5.74, 6) is -1.85. The fraction of sp³-hybridized carbons (Fsp3) is 0.467. The lowest BCUT2D eigenvalue weighted by Crippen LogP contribution is -2.51. The molecule has 6 heteroatoms. The molecule has 1 aliphatic heterocycles. The van der Waals surface area contributed by atoms with E-state index >= 15 is 0 Å². The summed E-state index contributed by atoms with van der Waals surface area (Å²) < 4.78 is 26.8. The maximum absolute atomic E-state index is 13.6. The van der Waals surface area contributed by atoms with Crippen LogP contribution in [0.25, 0.3) is 0 Å². The van der Waals surface area contributed by atoms with Crippen molar-refractivity contribution in [1.82, 2.24) is 9.80 Å². The third-order valence-electron chi connectivity index (χ3n) is 3.74. The number of benzene rings is 1. The molecule has 0 N–H and O–H groups in total. The highest BCUT2D eigenvalue weighted by atomic mass is 19.1. The number of carbonyl (C=O) groups is 1. The lowest BCUT2D eigenvalue weighted by Gasteiger charge is -2.36. The molecule has 0 aliphatic carbocycles. The van der Waals surface area contributed by atoms with E-state index in [2.05, 4.69) is 6.07 Å². The fourth-order valence-corrected chi connectivity index (χ4v) is 2.50. The highest BCUT2D eigenvalue weighted by Gasteiger charge is 2.27. The summed E-state index contributed by atoms with van der Waals surface area (Å²) in [7, 11) is 0. The number of halogens is 2. The molecule has 1 aromatic rings. The predicted molar refractivity (Wildman–Crippen MR) is 73.5 cm³/mol. The van der Waals surface area contributed by atoms with E-state index in [-0.39, 0.29) is 11.6 Å². The third-order valence-corrected chi connectivity index (χ3v) is 3.74. The highest BCUT2D eigenvalue weighted by molar-refractivity contribution is 5.94. The Morgan fingerprint density at radius 3 is 2.57 bits per heavy atom. The van der Waals surface area contributed by atoms with Crippen molar-refractivity contribution in [3.8, 4) is 6.07 Å². The van der Waals surface area contributed by atoms with Crippen molar-refractivity contribution >= 4 is 5.91 Å². The van der Waals surface area contributed by atoms with Crippen LogP contribution in [0, 0.1) is 23.0 Å². The molecule has 112 valence electrons. The first-order valence-electron chi connectivity index (χ1n) is 6.94. The average Bonchev–Trinajstić information content (AvgIpc) is 2.51. The van der Waals surface area contributed by atoms with Crippen LogP contribution in [0.15, 0.2) is 18.2 Å². The van der Waals surface area contributed by atoms with Gasteiger partial charge in [-0.1, -0.05) is 6.92 Å². The molecule has 0 bridgehead atoms. The van der Waals surface area contributed by atoms with Crippen LogP contribution in [0.5, 0.6) is 0 Å². The van der Waals surface area contributed by atoms with Crippen LogP contribution in [0.4, 0.5) is 8.78 Å². The lowest BCUT2D eigenvalue weighted by molar-refractivity contribution is 0.0599. The standard InChI is InChI=1S/C15H17F2N3O/c1-2-12(10-18)19-5-7-20(8-6-19)15(21)13-9-11(16)3-4-14(13)17/h3-4,9,12H,2,5-8H2,1H3. The SMILES string of the molecule is CCC(C#N)N1CCN(C(=O)c2cc(F)ccc2F)CC1. The molecule has 4 nitrogen and oxygen atoms in total. The number of carbonyl (C=O) groups excluding carboxylic acids is 1. The van der Waals surface area contributed by atoms with Gasteiger partial charge in [0.2, 0.25) is 0 Å². The topological polar surface area (TPSA) is 47.3 Å². The minimum absolute atomic E-state index is 0.159. The number of amides is 1. The Labute approximate surface area is 122 Å². The van der Waals surface area contributed by atoms with Gasteiger partial charge in [-0.05, 0) is 24.6 Å². The number of hydrogen-bond donors (Lipinski definition) is 0. The van der Waals surface area contributed by atoms with E-state index in [1.165, 1.54) is 4.90 Å². The number of piperazine rings is 1. The van der Waals surface area contributed by atoms with E-state index in [4.69, 9.17) is 5.26 Å². The molecule has 2 rings (SSSR count). The Balaban J connectivity index is 2.04. The van der Waals surface area contributed by atoms with Crippen LogP contribution in [0.1, 0.15) is 23.7 Å². The van der Waals surface area contributed by atoms with Crippen molar-refractivity contribution in [2.24, 2.45) is 0 Å². The average molecular weight is 293 g/mol. The summed E-state index contributed by atoms with van der Waals surface area (Å²) in [6.45, 7) is 3.89. The lowest BCUT2D eigenvalue weighted by atomic mass is 10.1. The molecule has 0 radical (unpaired) electrons. The van der Waals surface area contributed by atoms with Gasteiger partial charge >= 0.3 is 0 Å². The molecule has 0 spiro atoms. The second-order valence-corrected chi connectivity index (χ2v) is 5.01. The zero-order chi connectivity index (χ0) is 15.4. The van der Waals surface area contributed by atoms with Crippen LogP contribution in [0.2, 0.25) is 0 Å². The van der Waals surface area contributed by atoms with E-state index in [0.717, 1.165) is 24.6 Å². The molecule has 1 aliphatic rings. The smallest absolute Gasteiger partial charge is 0.257 e. The molecular formula is C15H17F2N3O. The highest BCUT2D eigenvalue weighted by Crippen LogP contribution is 2.15. The summed E-state index contributed by atoms with van der Waals surface area (Å²) >= 11 is 0. The normalized spacial score (nSPS) is 17.3. The quantitative estimate of drug-likeness (QED) is 0.856. The van der Waals surface area contributed by atoms with Gasteiger partial charge in [-0.2, -0.15) is 5.26 Å². The minimum atomic E-state index is -0.715. The molecule has 0 saturated carbocycles. The molecule has 0 aromatic heterocycles. The number of nitriles is 1. The van der Waals surface area contributed by atoms with Gasteiger partial charge in [0.15, 0.2) is 0 Å². The van der Waals surface area contributed by atoms with Gasteiger partial charge in [-0.25, -0.2) is 8.78 Å². The largest absolute Gasteiger partial charge is 0.336 e. The Bertz CT molecular complexity index is 563. The summed E-state index contributed by atoms with van der Waals surface area (Å²) in [4.78, 5) is 15.7. The number of nitrogens with zero attached hydrogens (tertiary/aromatic N) is 3. The van der Waals surface area contributed by atoms with Crippen molar-refractivity contribution in [2.75, 3.05) is 26.2 Å². The zero-order valence-corrected chi connectivity index (χ0v) is 11.9. The van der Waals surface area contributed by atoms with Gasteiger partial charge in [0.1, 0.15) is 11.6 Å². The molecule has 1 saturated heterocycles. The van der Waals surface area contributed by atoms with E-state index in [1.54, 1.807) is 0 Å². The Morgan fingerprint density at radius 1 is 1.33 bits per heavy atom. The molecule has 1 aromatic carbocycles. The molecular weight excluding hydrogens is 276 g/mol. The predicted octanol–water partition coefficient (Wildman–Crippen LogP) is 2.02. The van der Waals surface area contributed by atoms with E-state index < -0.39 is 17.5 Å². The van der Waals surface area contributed by atoms with Crippen LogP contribution in [-0.2, 0) is 0 Å². The first-order chi connectivity index (χ1) is 10.1. The van der Waals surface area contributed by atoms with E-state index in [1.807, 2.05) is 11.8 Å². The van der Waals surface area contributed by atoms with Crippen molar-refractivity contribution in [3.63, 3.8) is 0 Å². The summed E-state index contributed by atoms with van der Waals surface area (Å²) in [5, 5.41) is 9.03. The van der Waals surface area contributed by atoms with Crippen molar-refractivity contribution < 1.29 is 13.6 Å². The first-order valence-corrected chi connectivity index (χ1v) is 6.94. The monoisotopic (exact) mass is 293 g/mol. The molecule has 1 heterocycles. The van der Waals surface area contributed by atoms with Crippen LogP contribution < -0.4 is 0 Å². The van der Waals surface area contributed by atoms with Crippen LogP contribution in [0.3, 0.4) is 0 Å². The fourth-order valence-electron chi connectivity index (χ4n) is 2.50. The molecule has 1 unspecified atom stereocenters. The third kappa shape index (κ3) is 3.37. The van der Waals surface area contributed by atoms with Gasteiger partial charge < -0.3 is 4.90 Å². The molecule has 1 atom stereocenters. The summed E-state index contributed by atoms with van der Waals surface area (Å²) in [6.07, 6.45) is 0.725. The second kappa shape index (κ2) is 6.64. The van der Waals surface area contributed by atoms with Gasteiger partial charge in [0.05, 0.1) is 17.7 Å². The van der Waals surface area contributed by atoms with Gasteiger partial charge in [0.25, 0.3) is 5.91 Å². The van der Waals surface area contributed by atoms with Gasteiger partial charge in [-0.3, -0.25) is 9.69 Å². The second-order valence-electron chi connectivity index (χ2n) is 5.01. The Morgan fingerprint density at radius 2 is 2.00 bits per heavy atom. The van der Waals surface area contributed by atoms with E-state index in [9.17, 15) is 13.6 Å². The maximum atomic E-state index is 13.6. The van der Waals surface area contributed by atoms with Crippen molar-refractivity contribution in [3.05, 3.63) is 35.4 Å². The van der Waals surface area contributed by atoms with Crippen LogP contribution >= 0.6 is 0 Å². The number of rotatable bonds is 3. The van der Waals surface area contributed by atoms with Crippen molar-refractivity contribution in [2.45, 2.75) is 19.4 Å². The molecule has 1 fully saturated rings. The zero-order valence-electron chi connectivity index (χ0n) is 11.9. The van der Waals surface area contributed by atoms with E-state index in [0.29, 0.717) is 26.2 Å².